The highest BCUT2D eigenvalue weighted by Gasteiger charge is 2.35. The zero-order chi connectivity index (χ0) is 23.4. The molecule has 0 amide bonds. The predicted molar refractivity (Wildman–Crippen MR) is 119 cm³/mol. The molecular formula is C24H27F3N4O2. The van der Waals surface area contributed by atoms with Gasteiger partial charge in [-0.3, -0.25) is 0 Å². The topological polar surface area (TPSA) is 72.1 Å². The molecule has 2 aromatic heterocycles. The fourth-order valence-corrected chi connectivity index (χ4v) is 4.40. The number of halogens is 3. The lowest BCUT2D eigenvalue weighted by atomic mass is 9.85. The van der Waals surface area contributed by atoms with Gasteiger partial charge in [0.05, 0.1) is 24.1 Å². The highest BCUT2D eigenvalue weighted by molar-refractivity contribution is 5.88. The van der Waals surface area contributed by atoms with Crippen molar-refractivity contribution >= 4 is 16.9 Å². The summed E-state index contributed by atoms with van der Waals surface area (Å²) in [5, 5.41) is 3.60. The SMILES string of the molecule is C#CC1=C(/C=C\C)[C@H](Nc2ncnc3[nH]c(C(F)(F)F)cc23)[C@@H](OCC2CCOCC2)CC1. The Morgan fingerprint density at radius 1 is 1.30 bits per heavy atom. The molecular weight excluding hydrogens is 433 g/mol. The van der Waals surface area contributed by atoms with Crippen LogP contribution < -0.4 is 5.32 Å². The third-order valence-corrected chi connectivity index (χ3v) is 6.16. The van der Waals surface area contributed by atoms with E-state index in [0.717, 1.165) is 43.3 Å². The average molecular weight is 461 g/mol. The molecule has 33 heavy (non-hydrogen) atoms. The first-order valence-corrected chi connectivity index (χ1v) is 11.1. The molecule has 1 saturated heterocycles. The molecule has 0 bridgehead atoms. The van der Waals surface area contributed by atoms with Gasteiger partial charge in [0.25, 0.3) is 0 Å². The summed E-state index contributed by atoms with van der Waals surface area (Å²) in [5.74, 6) is 3.50. The van der Waals surface area contributed by atoms with Crippen LogP contribution in [-0.2, 0) is 15.7 Å². The van der Waals surface area contributed by atoms with Crippen molar-refractivity contribution in [1.82, 2.24) is 15.0 Å². The maximum Gasteiger partial charge on any atom is 0.431 e. The number of hydrogen-bond acceptors (Lipinski definition) is 5. The van der Waals surface area contributed by atoms with Crippen molar-refractivity contribution in [3.8, 4) is 12.3 Å². The van der Waals surface area contributed by atoms with Gasteiger partial charge in [-0.25, -0.2) is 9.97 Å². The number of allylic oxidation sites excluding steroid dienone is 2. The van der Waals surface area contributed by atoms with Gasteiger partial charge in [-0.15, -0.1) is 6.42 Å². The highest BCUT2D eigenvalue weighted by atomic mass is 19.4. The smallest absolute Gasteiger partial charge is 0.381 e. The molecule has 0 spiro atoms. The fourth-order valence-electron chi connectivity index (χ4n) is 4.40. The molecule has 4 rings (SSSR count). The first kappa shape index (κ1) is 23.3. The quantitative estimate of drug-likeness (QED) is 0.602. The van der Waals surface area contributed by atoms with E-state index in [-0.39, 0.29) is 23.2 Å². The maximum absolute atomic E-state index is 13.2. The summed E-state index contributed by atoms with van der Waals surface area (Å²) >= 11 is 0. The minimum Gasteiger partial charge on any atom is -0.381 e. The number of hydrogen-bond donors (Lipinski definition) is 2. The number of ether oxygens (including phenoxy) is 2. The molecule has 9 heteroatoms. The van der Waals surface area contributed by atoms with Gasteiger partial charge < -0.3 is 19.8 Å². The van der Waals surface area contributed by atoms with Gasteiger partial charge in [0, 0.05) is 18.8 Å². The molecule has 0 radical (unpaired) electrons. The summed E-state index contributed by atoms with van der Waals surface area (Å²) in [6.07, 6.45) is 9.45. The van der Waals surface area contributed by atoms with Gasteiger partial charge in [0.1, 0.15) is 23.5 Å². The monoisotopic (exact) mass is 460 g/mol. The second-order valence-corrected chi connectivity index (χ2v) is 8.33. The number of nitrogens with zero attached hydrogens (tertiary/aromatic N) is 2. The van der Waals surface area contributed by atoms with E-state index in [4.69, 9.17) is 15.9 Å². The highest BCUT2D eigenvalue weighted by Crippen LogP contribution is 2.35. The molecule has 1 fully saturated rings. The van der Waals surface area contributed by atoms with Crippen LogP contribution in [0.15, 0.2) is 35.7 Å². The number of H-pyrrole nitrogens is 1. The van der Waals surface area contributed by atoms with Gasteiger partial charge in [-0.2, -0.15) is 13.2 Å². The van der Waals surface area contributed by atoms with Crippen molar-refractivity contribution in [2.24, 2.45) is 5.92 Å². The number of terminal acetylenes is 1. The fraction of sp³-hybridized carbons (Fsp3) is 0.500. The van der Waals surface area contributed by atoms with Gasteiger partial charge in [0.2, 0.25) is 0 Å². The minimum atomic E-state index is -4.51. The van der Waals surface area contributed by atoms with E-state index >= 15 is 0 Å². The van der Waals surface area contributed by atoms with Gasteiger partial charge in [0.15, 0.2) is 0 Å². The summed E-state index contributed by atoms with van der Waals surface area (Å²) < 4.78 is 51.5. The van der Waals surface area contributed by atoms with Crippen molar-refractivity contribution in [2.75, 3.05) is 25.1 Å². The van der Waals surface area contributed by atoms with E-state index in [9.17, 15) is 13.2 Å². The first-order valence-electron chi connectivity index (χ1n) is 11.1. The molecule has 2 N–H and O–H groups in total. The number of alkyl halides is 3. The van der Waals surface area contributed by atoms with E-state index in [1.54, 1.807) is 0 Å². The molecule has 1 aliphatic carbocycles. The number of aromatic amines is 1. The van der Waals surface area contributed by atoms with E-state index in [1.165, 1.54) is 6.33 Å². The summed E-state index contributed by atoms with van der Waals surface area (Å²) in [6, 6.07) is 0.669. The maximum atomic E-state index is 13.2. The Kier molecular flexibility index (Phi) is 7.05. The molecule has 176 valence electrons. The largest absolute Gasteiger partial charge is 0.431 e. The number of fused-ring (bicyclic) bond motifs is 1. The van der Waals surface area contributed by atoms with Gasteiger partial charge >= 0.3 is 6.18 Å². The molecule has 0 unspecified atom stereocenters. The summed E-state index contributed by atoms with van der Waals surface area (Å²) in [5.41, 5.74) is 0.989. The second-order valence-electron chi connectivity index (χ2n) is 8.33. The zero-order valence-electron chi connectivity index (χ0n) is 18.4. The van der Waals surface area contributed by atoms with E-state index in [2.05, 4.69) is 26.2 Å². The van der Waals surface area contributed by atoms with Crippen molar-refractivity contribution < 1.29 is 22.6 Å². The third kappa shape index (κ3) is 5.23. The Morgan fingerprint density at radius 3 is 2.79 bits per heavy atom. The van der Waals surface area contributed by atoms with Crippen LogP contribution in [0.25, 0.3) is 11.0 Å². The van der Waals surface area contributed by atoms with Crippen LogP contribution in [0.5, 0.6) is 0 Å². The van der Waals surface area contributed by atoms with Crippen LogP contribution in [0.3, 0.4) is 0 Å². The summed E-state index contributed by atoms with van der Waals surface area (Å²) in [7, 11) is 0. The summed E-state index contributed by atoms with van der Waals surface area (Å²) in [4.78, 5) is 10.5. The second kappa shape index (κ2) is 9.98. The van der Waals surface area contributed by atoms with Gasteiger partial charge in [-0.05, 0) is 50.2 Å². The van der Waals surface area contributed by atoms with Crippen LogP contribution in [-0.4, -0.2) is 46.9 Å². The first-order chi connectivity index (χ1) is 15.9. The molecule has 3 heterocycles. The van der Waals surface area contributed by atoms with Crippen LogP contribution in [0.4, 0.5) is 19.0 Å². The molecule has 6 nitrogen and oxygen atoms in total. The molecule has 1 aliphatic heterocycles. The Balaban J connectivity index is 1.65. The molecule has 0 aromatic carbocycles. The normalized spacial score (nSPS) is 22.8. The van der Waals surface area contributed by atoms with Crippen LogP contribution in [0.2, 0.25) is 0 Å². The van der Waals surface area contributed by atoms with E-state index in [1.807, 2.05) is 19.1 Å². The van der Waals surface area contributed by atoms with Crippen molar-refractivity contribution in [2.45, 2.75) is 50.9 Å². The minimum absolute atomic E-state index is 0.115. The third-order valence-electron chi connectivity index (χ3n) is 6.16. The number of nitrogens with one attached hydrogen (secondary N) is 2. The Bertz CT molecular complexity index is 1080. The number of anilines is 1. The van der Waals surface area contributed by atoms with Crippen molar-refractivity contribution in [3.63, 3.8) is 0 Å². The average Bonchev–Trinajstić information content (AvgIpc) is 3.26. The van der Waals surface area contributed by atoms with Crippen LogP contribution in [0.1, 0.15) is 38.3 Å². The lowest BCUT2D eigenvalue weighted by Crippen LogP contribution is -2.41. The number of rotatable bonds is 6. The molecule has 2 aromatic rings. The Morgan fingerprint density at radius 2 is 2.09 bits per heavy atom. The van der Waals surface area contributed by atoms with Crippen molar-refractivity contribution in [3.05, 3.63) is 41.4 Å². The lowest BCUT2D eigenvalue weighted by Gasteiger charge is -2.35. The molecule has 0 saturated carbocycles. The van der Waals surface area contributed by atoms with E-state index in [0.29, 0.717) is 31.2 Å². The van der Waals surface area contributed by atoms with Crippen LogP contribution in [0, 0.1) is 18.3 Å². The number of aromatic nitrogens is 3. The van der Waals surface area contributed by atoms with E-state index < -0.39 is 11.9 Å². The lowest BCUT2D eigenvalue weighted by molar-refractivity contribution is -0.140. The van der Waals surface area contributed by atoms with Gasteiger partial charge in [-0.1, -0.05) is 18.1 Å². The summed E-state index contributed by atoms with van der Waals surface area (Å²) in [6.45, 7) is 3.97. The standard InChI is InChI=1S/C24H27F3N4O2/c1-3-5-17-16(4-2)6-7-19(33-13-15-8-10-32-11-9-15)21(17)31-23-18-12-20(24(25,26)27)30-22(18)28-14-29-23/h2-3,5,12,14-15,19,21H,6-11,13H2,1H3,(H2,28,29,30,31)/b5-3-/t19-,21-/m0/s1. The van der Waals surface area contributed by atoms with Crippen LogP contribution >= 0.6 is 0 Å². The molecule has 2 aliphatic rings. The Labute approximate surface area is 190 Å². The predicted octanol–water partition coefficient (Wildman–Crippen LogP) is 4.87. The molecule has 2 atom stereocenters. The Hall–Kier alpha value is -2.83. The zero-order valence-corrected chi connectivity index (χ0v) is 18.4. The van der Waals surface area contributed by atoms with Crippen molar-refractivity contribution in [1.29, 1.82) is 0 Å².